The van der Waals surface area contributed by atoms with E-state index in [2.05, 4.69) is 4.72 Å². The van der Waals surface area contributed by atoms with Gasteiger partial charge < -0.3 is 14.3 Å². The fraction of sp³-hybridized carbons (Fsp3) is 0.500. The number of hydrogen-bond acceptors (Lipinski definition) is 5. The number of nitrogens with one attached hydrogen (secondary N) is 1. The van der Waals surface area contributed by atoms with Crippen molar-refractivity contribution in [3.63, 3.8) is 0 Å². The van der Waals surface area contributed by atoms with Crippen LogP contribution >= 0.6 is 0 Å². The predicted octanol–water partition coefficient (Wildman–Crippen LogP) is 0.434. The maximum atomic E-state index is 11.8. The molecule has 0 amide bonds. The lowest BCUT2D eigenvalue weighted by Gasteiger charge is -2.33. The van der Waals surface area contributed by atoms with Gasteiger partial charge in [0.1, 0.15) is 0 Å². The third-order valence-electron chi connectivity index (χ3n) is 2.81. The molecule has 0 aromatic carbocycles. The summed E-state index contributed by atoms with van der Waals surface area (Å²) in [5, 5.41) is 8.26. The molecule has 1 saturated carbocycles. The summed E-state index contributed by atoms with van der Waals surface area (Å²) in [7, 11) is -2.23. The molecule has 1 heterocycles. The molecule has 2 N–H and O–H groups in total. The fourth-order valence-electron chi connectivity index (χ4n) is 1.71. The smallest absolute Gasteiger partial charge is 0.371 e. The minimum absolute atomic E-state index is 0.0730. The number of carboxylic acid groups (broad SMARTS) is 1. The molecular weight excluding hydrogens is 262 g/mol. The van der Waals surface area contributed by atoms with E-state index in [1.807, 2.05) is 0 Å². The van der Waals surface area contributed by atoms with Crippen molar-refractivity contribution in [2.24, 2.45) is 0 Å². The van der Waals surface area contributed by atoms with Crippen molar-refractivity contribution >= 4 is 16.0 Å². The second kappa shape index (κ2) is 4.71. The lowest BCUT2D eigenvalue weighted by Crippen LogP contribution is -2.47. The molecule has 8 heteroatoms. The lowest BCUT2D eigenvalue weighted by atomic mass is 9.90. The average molecular weight is 275 g/mol. The van der Waals surface area contributed by atoms with Gasteiger partial charge in [-0.2, -0.15) is 0 Å². The van der Waals surface area contributed by atoms with Crippen LogP contribution in [-0.4, -0.2) is 38.7 Å². The summed E-state index contributed by atoms with van der Waals surface area (Å²) >= 11 is 0. The maximum Gasteiger partial charge on any atom is 0.371 e. The first-order valence-electron chi connectivity index (χ1n) is 5.30. The van der Waals surface area contributed by atoms with Gasteiger partial charge in [-0.05, 0) is 25.0 Å². The molecule has 0 radical (unpaired) electrons. The molecule has 1 aromatic heterocycles. The van der Waals surface area contributed by atoms with Crippen molar-refractivity contribution in [1.29, 1.82) is 0 Å². The Hall–Kier alpha value is -1.38. The zero-order valence-corrected chi connectivity index (χ0v) is 10.4. The van der Waals surface area contributed by atoms with Gasteiger partial charge >= 0.3 is 5.97 Å². The summed E-state index contributed by atoms with van der Waals surface area (Å²) in [6.07, 6.45) is 1.27. The van der Waals surface area contributed by atoms with E-state index in [1.54, 1.807) is 7.11 Å². The van der Waals surface area contributed by atoms with Gasteiger partial charge in [0, 0.05) is 13.2 Å². The van der Waals surface area contributed by atoms with Crippen LogP contribution in [-0.2, 0) is 14.8 Å². The number of carboxylic acids is 1. The average Bonchev–Trinajstić information content (AvgIpc) is 2.72. The van der Waals surface area contributed by atoms with Gasteiger partial charge in [-0.3, -0.25) is 0 Å². The first kappa shape index (κ1) is 13.1. The molecule has 1 aromatic rings. The van der Waals surface area contributed by atoms with Crippen molar-refractivity contribution in [3.05, 3.63) is 17.9 Å². The molecule has 2 rings (SSSR count). The van der Waals surface area contributed by atoms with Crippen molar-refractivity contribution < 1.29 is 27.5 Å². The molecular formula is C10H13NO6S. The highest BCUT2D eigenvalue weighted by Gasteiger charge is 2.33. The van der Waals surface area contributed by atoms with Crippen LogP contribution in [0.4, 0.5) is 0 Å². The molecule has 100 valence electrons. The molecule has 0 spiro atoms. The highest BCUT2D eigenvalue weighted by Crippen LogP contribution is 2.25. The molecule has 18 heavy (non-hydrogen) atoms. The third kappa shape index (κ3) is 2.55. The summed E-state index contributed by atoms with van der Waals surface area (Å²) in [5.74, 6) is -1.71. The standard InChI is InChI=1S/C10H13NO6S/c1-16-7-4-6(5-7)11-18(14,15)9-3-2-8(17-9)10(12)13/h2-3,6-7,11H,4-5H2,1H3,(H,12,13). The molecule has 0 saturated heterocycles. The number of carbonyl (C=O) groups is 1. The molecule has 1 aliphatic carbocycles. The summed E-state index contributed by atoms with van der Waals surface area (Å²) in [6, 6.07) is 2.03. The molecule has 1 aliphatic rings. The van der Waals surface area contributed by atoms with E-state index in [4.69, 9.17) is 14.3 Å². The minimum Gasteiger partial charge on any atom is -0.475 e. The fourth-order valence-corrected chi connectivity index (χ4v) is 2.91. The second-order valence-corrected chi connectivity index (χ2v) is 5.72. The Balaban J connectivity index is 2.04. The van der Waals surface area contributed by atoms with Crippen LogP contribution in [0.25, 0.3) is 0 Å². The molecule has 0 atom stereocenters. The van der Waals surface area contributed by atoms with Crippen LogP contribution in [0, 0.1) is 0 Å². The Morgan fingerprint density at radius 2 is 2.17 bits per heavy atom. The lowest BCUT2D eigenvalue weighted by molar-refractivity contribution is 0.0235. The van der Waals surface area contributed by atoms with E-state index in [9.17, 15) is 13.2 Å². The van der Waals surface area contributed by atoms with Crippen LogP contribution in [0.2, 0.25) is 0 Å². The highest BCUT2D eigenvalue weighted by molar-refractivity contribution is 7.89. The minimum atomic E-state index is -3.80. The Bertz CT molecular complexity index is 542. The topological polar surface area (TPSA) is 106 Å². The van der Waals surface area contributed by atoms with Crippen molar-refractivity contribution in [2.45, 2.75) is 30.1 Å². The van der Waals surface area contributed by atoms with Gasteiger partial charge in [0.2, 0.25) is 10.9 Å². The van der Waals surface area contributed by atoms with E-state index in [0.29, 0.717) is 12.8 Å². The SMILES string of the molecule is COC1CC(NS(=O)(=O)c2ccc(C(=O)O)o2)C1. The van der Waals surface area contributed by atoms with Gasteiger partial charge in [-0.15, -0.1) is 0 Å². The van der Waals surface area contributed by atoms with Crippen molar-refractivity contribution in [2.75, 3.05) is 7.11 Å². The van der Waals surface area contributed by atoms with Crippen molar-refractivity contribution in [1.82, 2.24) is 4.72 Å². The van der Waals surface area contributed by atoms with Crippen LogP contribution in [0.5, 0.6) is 0 Å². The number of furan rings is 1. The molecule has 7 nitrogen and oxygen atoms in total. The van der Waals surface area contributed by atoms with Gasteiger partial charge in [-0.25, -0.2) is 17.9 Å². The highest BCUT2D eigenvalue weighted by atomic mass is 32.2. The van der Waals surface area contributed by atoms with Crippen LogP contribution in [0.15, 0.2) is 21.6 Å². The number of hydrogen-bond donors (Lipinski definition) is 2. The van der Waals surface area contributed by atoms with Gasteiger partial charge in [0.05, 0.1) is 6.10 Å². The van der Waals surface area contributed by atoms with E-state index in [0.717, 1.165) is 12.1 Å². The zero-order valence-electron chi connectivity index (χ0n) is 9.62. The summed E-state index contributed by atoms with van der Waals surface area (Å²) in [5.41, 5.74) is 0. The first-order chi connectivity index (χ1) is 8.42. The van der Waals surface area contributed by atoms with E-state index >= 15 is 0 Å². The van der Waals surface area contributed by atoms with Gasteiger partial charge in [0.25, 0.3) is 10.0 Å². The molecule has 1 fully saturated rings. The normalized spacial score (nSPS) is 23.6. The summed E-state index contributed by atoms with van der Waals surface area (Å²) < 4.78 is 35.9. The third-order valence-corrected chi connectivity index (χ3v) is 4.20. The van der Waals surface area contributed by atoms with Crippen LogP contribution in [0.1, 0.15) is 23.4 Å². The van der Waals surface area contributed by atoms with E-state index in [1.165, 1.54) is 0 Å². The van der Waals surface area contributed by atoms with Crippen LogP contribution in [0.3, 0.4) is 0 Å². The van der Waals surface area contributed by atoms with E-state index < -0.39 is 21.8 Å². The Morgan fingerprint density at radius 1 is 1.50 bits per heavy atom. The summed E-state index contributed by atoms with van der Waals surface area (Å²) in [6.45, 7) is 0. The largest absolute Gasteiger partial charge is 0.475 e. The molecule has 0 aliphatic heterocycles. The molecule has 0 bridgehead atoms. The zero-order chi connectivity index (χ0) is 13.3. The van der Waals surface area contributed by atoms with Gasteiger partial charge in [0.15, 0.2) is 0 Å². The summed E-state index contributed by atoms with van der Waals surface area (Å²) in [4.78, 5) is 10.6. The monoisotopic (exact) mass is 275 g/mol. The van der Waals surface area contributed by atoms with Crippen LogP contribution < -0.4 is 4.72 Å². The Labute approximate surface area is 104 Å². The quantitative estimate of drug-likeness (QED) is 0.807. The van der Waals surface area contributed by atoms with E-state index in [-0.39, 0.29) is 17.2 Å². The number of rotatable bonds is 5. The number of ether oxygens (including phenoxy) is 1. The van der Waals surface area contributed by atoms with Crippen molar-refractivity contribution in [3.8, 4) is 0 Å². The predicted molar refractivity (Wildman–Crippen MR) is 59.8 cm³/mol. The number of sulfonamides is 1. The number of methoxy groups -OCH3 is 1. The first-order valence-corrected chi connectivity index (χ1v) is 6.79. The Morgan fingerprint density at radius 3 is 2.67 bits per heavy atom. The Kier molecular flexibility index (Phi) is 3.42. The maximum absolute atomic E-state index is 11.8. The second-order valence-electron chi connectivity index (χ2n) is 4.07. The molecule has 0 unspecified atom stereocenters. The van der Waals surface area contributed by atoms with Gasteiger partial charge in [-0.1, -0.05) is 0 Å². The number of aromatic carboxylic acids is 1.